The predicted molar refractivity (Wildman–Crippen MR) is 54.1 cm³/mol. The highest BCUT2D eigenvalue weighted by atomic mass is 35.5. The van der Waals surface area contributed by atoms with E-state index < -0.39 is 0 Å². The van der Waals surface area contributed by atoms with Crippen LogP contribution in [0.1, 0.15) is 0 Å². The van der Waals surface area contributed by atoms with Crippen LogP contribution in [0.3, 0.4) is 0 Å². The number of hydrogen-bond acceptors (Lipinski definition) is 0. The Balaban J connectivity index is 0. The summed E-state index contributed by atoms with van der Waals surface area (Å²) in [4.78, 5) is 0. The highest BCUT2D eigenvalue weighted by molar-refractivity contribution is 5.85. The van der Waals surface area contributed by atoms with E-state index in [2.05, 4.69) is 13.2 Å². The molecule has 0 aromatic heterocycles. The normalized spacial score (nSPS) is 6.18. The van der Waals surface area contributed by atoms with E-state index in [1.165, 1.54) is 0 Å². The Morgan fingerprint density at radius 1 is 0.636 bits per heavy atom. The second kappa shape index (κ2) is 11.7. The monoisotopic (exact) mass is 168 g/mol. The summed E-state index contributed by atoms with van der Waals surface area (Å²) in [7, 11) is 0. The molecule has 0 aliphatic rings. The van der Waals surface area contributed by atoms with Crippen molar-refractivity contribution in [3.8, 4) is 0 Å². The van der Waals surface area contributed by atoms with E-state index in [-0.39, 0.29) is 12.4 Å². The first-order chi connectivity index (χ1) is 4.91. The molecule has 1 rings (SSSR count). The Kier molecular flexibility index (Phi) is 13.5. The van der Waals surface area contributed by atoms with Crippen LogP contribution in [0.5, 0.6) is 0 Å². The van der Waals surface area contributed by atoms with Gasteiger partial charge >= 0.3 is 0 Å². The number of rotatable bonds is 1. The van der Waals surface area contributed by atoms with Crippen molar-refractivity contribution in [2.24, 2.45) is 0 Å². The molecule has 0 bridgehead atoms. The van der Waals surface area contributed by atoms with Gasteiger partial charge in [0.1, 0.15) is 0 Å². The highest BCUT2D eigenvalue weighted by Gasteiger charge is 1.57. The Morgan fingerprint density at radius 2 is 0.818 bits per heavy atom. The molecule has 0 unspecified atom stereocenters. The third kappa shape index (κ3) is 12.2. The highest BCUT2D eigenvalue weighted by Crippen LogP contribution is 1.79. The van der Waals surface area contributed by atoms with Crippen molar-refractivity contribution in [3.05, 3.63) is 61.7 Å². The maximum atomic E-state index is 3.36. The fourth-order valence-corrected chi connectivity index (χ4v) is 0.385. The fourth-order valence-electron chi connectivity index (χ4n) is 0.385. The first kappa shape index (κ1) is 12.6. The van der Waals surface area contributed by atoms with E-state index in [0.29, 0.717) is 0 Å². The summed E-state index contributed by atoms with van der Waals surface area (Å²) in [6, 6.07) is 12.0. The van der Waals surface area contributed by atoms with Crippen LogP contribution in [-0.4, -0.2) is 0 Å². The summed E-state index contributed by atoms with van der Waals surface area (Å²) >= 11 is 0. The smallest absolute Gasteiger partial charge is 0.0623 e. The van der Waals surface area contributed by atoms with Gasteiger partial charge in [-0.25, -0.2) is 0 Å². The Morgan fingerprint density at radius 3 is 0.909 bits per heavy atom. The van der Waals surface area contributed by atoms with Crippen molar-refractivity contribution in [1.82, 2.24) is 0 Å². The summed E-state index contributed by atoms with van der Waals surface area (Å²) in [6.45, 7) is 6.72. The molecule has 0 N–H and O–H groups in total. The molecule has 60 valence electrons. The van der Waals surface area contributed by atoms with Gasteiger partial charge in [0.2, 0.25) is 0 Å². The zero-order valence-electron chi connectivity index (χ0n) is 6.44. The molecule has 0 saturated heterocycles. The van der Waals surface area contributed by atoms with Gasteiger partial charge in [0.15, 0.2) is 0 Å². The van der Waals surface area contributed by atoms with E-state index in [0.717, 1.165) is 0 Å². The molecule has 0 saturated carbocycles. The van der Waals surface area contributed by atoms with Crippen LogP contribution >= 0.6 is 12.4 Å². The third-order valence-corrected chi connectivity index (χ3v) is 0.833. The molecule has 0 amide bonds. The average Bonchev–Trinajstić information content (AvgIpc) is 2.08. The van der Waals surface area contributed by atoms with Gasteiger partial charge in [0.05, 0.1) is 0 Å². The lowest BCUT2D eigenvalue weighted by molar-refractivity contribution is 1.72. The van der Waals surface area contributed by atoms with Gasteiger partial charge < -0.3 is 0 Å². The topological polar surface area (TPSA) is 0 Å². The molecule has 0 spiro atoms. The van der Waals surface area contributed by atoms with E-state index in [1.54, 1.807) is 12.2 Å². The first-order valence-corrected chi connectivity index (χ1v) is 3.15. The summed E-state index contributed by atoms with van der Waals surface area (Å²) in [5.74, 6) is 0. The number of allylic oxidation sites excluding steroid dienone is 2. The van der Waals surface area contributed by atoms with Crippen molar-refractivity contribution in [2.45, 2.75) is 0 Å². The number of halogens is 1. The minimum Gasteiger partial charge on any atom is -0.147 e. The minimum absolute atomic E-state index is 0. The van der Waals surface area contributed by atoms with Crippen LogP contribution in [0.4, 0.5) is 0 Å². The summed E-state index contributed by atoms with van der Waals surface area (Å²) in [6.07, 6.45) is 3.28. The molecule has 0 fully saturated rings. The second-order valence-corrected chi connectivity index (χ2v) is 1.63. The van der Waals surface area contributed by atoms with Crippen LogP contribution in [0, 0.1) is 0 Å². The largest absolute Gasteiger partial charge is 0.147 e. The predicted octanol–water partition coefficient (Wildman–Crippen LogP) is 3.47. The van der Waals surface area contributed by atoms with Crippen LogP contribution in [0.25, 0.3) is 0 Å². The van der Waals surface area contributed by atoms with Crippen molar-refractivity contribution in [2.75, 3.05) is 0 Å². The van der Waals surface area contributed by atoms with E-state index in [9.17, 15) is 0 Å². The van der Waals surface area contributed by atoms with Crippen molar-refractivity contribution < 1.29 is 0 Å². The van der Waals surface area contributed by atoms with Gasteiger partial charge in [0, 0.05) is 0 Å². The standard InChI is InChI=1S/C6H6.C4H6.ClH/c1-2-4-6-5-3-1;1-3-4-2;/h1-6H;3-4H,1-2H2;1H. The molecule has 0 radical (unpaired) electrons. The van der Waals surface area contributed by atoms with Crippen molar-refractivity contribution in [1.29, 1.82) is 0 Å². The van der Waals surface area contributed by atoms with E-state index in [4.69, 9.17) is 0 Å². The van der Waals surface area contributed by atoms with Crippen LogP contribution < -0.4 is 0 Å². The number of benzene rings is 1. The Bertz CT molecular complexity index is 135. The maximum absolute atomic E-state index is 3.36. The summed E-state index contributed by atoms with van der Waals surface area (Å²) < 4.78 is 0. The molecular weight excluding hydrogens is 156 g/mol. The molecule has 0 aliphatic heterocycles. The van der Waals surface area contributed by atoms with Gasteiger partial charge in [-0.05, 0) is 0 Å². The lowest BCUT2D eigenvalue weighted by atomic mass is 10.4. The fraction of sp³-hybridized carbons (Fsp3) is 0. The van der Waals surface area contributed by atoms with Crippen molar-refractivity contribution in [3.63, 3.8) is 0 Å². The quantitative estimate of drug-likeness (QED) is 0.564. The summed E-state index contributed by atoms with van der Waals surface area (Å²) in [5.41, 5.74) is 0. The maximum Gasteiger partial charge on any atom is -0.0623 e. The van der Waals surface area contributed by atoms with Gasteiger partial charge in [-0.1, -0.05) is 61.7 Å². The second-order valence-electron chi connectivity index (χ2n) is 1.63. The summed E-state index contributed by atoms with van der Waals surface area (Å²) in [5, 5.41) is 0. The van der Waals surface area contributed by atoms with Gasteiger partial charge in [-0.3, -0.25) is 0 Å². The molecule has 11 heavy (non-hydrogen) atoms. The van der Waals surface area contributed by atoms with Gasteiger partial charge in [-0.2, -0.15) is 0 Å². The molecule has 0 aliphatic carbocycles. The van der Waals surface area contributed by atoms with Crippen LogP contribution in [0.15, 0.2) is 61.7 Å². The Labute approximate surface area is 74.7 Å². The Hall–Kier alpha value is -1.01. The first-order valence-electron chi connectivity index (χ1n) is 3.15. The molecule has 1 aromatic carbocycles. The zero-order chi connectivity index (χ0) is 7.66. The third-order valence-electron chi connectivity index (χ3n) is 0.833. The zero-order valence-corrected chi connectivity index (χ0v) is 7.26. The minimum atomic E-state index is 0. The molecule has 0 nitrogen and oxygen atoms in total. The lowest BCUT2D eigenvalue weighted by Gasteiger charge is -1.69. The van der Waals surface area contributed by atoms with Gasteiger partial charge in [0.25, 0.3) is 0 Å². The molecular formula is C10H13Cl. The SMILES string of the molecule is C=CC=C.Cl.c1ccccc1. The van der Waals surface area contributed by atoms with Crippen LogP contribution in [-0.2, 0) is 0 Å². The van der Waals surface area contributed by atoms with E-state index in [1.807, 2.05) is 36.4 Å². The van der Waals surface area contributed by atoms with Gasteiger partial charge in [-0.15, -0.1) is 12.4 Å². The number of hydrogen-bond donors (Lipinski definition) is 0. The molecule has 1 aromatic rings. The van der Waals surface area contributed by atoms with Crippen molar-refractivity contribution >= 4 is 12.4 Å². The lowest BCUT2D eigenvalue weighted by Crippen LogP contribution is -1.47. The molecule has 0 atom stereocenters. The molecule has 0 heterocycles. The molecule has 1 heteroatoms. The van der Waals surface area contributed by atoms with E-state index >= 15 is 0 Å². The van der Waals surface area contributed by atoms with Crippen LogP contribution in [0.2, 0.25) is 0 Å². The average molecular weight is 169 g/mol.